The summed E-state index contributed by atoms with van der Waals surface area (Å²) < 4.78 is 34.2. The first kappa shape index (κ1) is 12.9. The van der Waals surface area contributed by atoms with Gasteiger partial charge in [0.05, 0.1) is 5.41 Å². The van der Waals surface area contributed by atoms with E-state index in [2.05, 4.69) is 0 Å². The lowest BCUT2D eigenvalue weighted by atomic mass is 9.83. The molecule has 16 heavy (non-hydrogen) atoms. The maximum atomic E-state index is 12.8. The highest BCUT2D eigenvalue weighted by atomic mass is 32.3. The smallest absolute Gasteiger partial charge is 0.190 e. The van der Waals surface area contributed by atoms with E-state index < -0.39 is 15.6 Å². The molecular weight excluding hydrogens is 227 g/mol. The molecule has 4 heteroatoms. The Bertz CT molecular complexity index is 482. The van der Waals surface area contributed by atoms with Crippen molar-refractivity contribution in [3.8, 4) is 0 Å². The first-order valence-corrected chi connectivity index (χ1v) is 6.37. The van der Waals surface area contributed by atoms with Crippen LogP contribution in [0.4, 0.5) is 3.89 Å². The second-order valence-electron chi connectivity index (χ2n) is 4.62. The van der Waals surface area contributed by atoms with E-state index in [-0.39, 0.29) is 0 Å². The van der Waals surface area contributed by atoms with Gasteiger partial charge in [0.2, 0.25) is 0 Å². The zero-order valence-electron chi connectivity index (χ0n) is 9.57. The van der Waals surface area contributed by atoms with Crippen LogP contribution in [-0.2, 0) is 10.2 Å². The first-order chi connectivity index (χ1) is 7.20. The molecule has 1 aromatic rings. The maximum absolute atomic E-state index is 12.8. The Morgan fingerprint density at radius 2 is 1.69 bits per heavy atom. The van der Waals surface area contributed by atoms with Crippen molar-refractivity contribution in [2.45, 2.75) is 20.8 Å². The average molecular weight is 242 g/mol. The van der Waals surface area contributed by atoms with Gasteiger partial charge in [0.1, 0.15) is 0 Å². The van der Waals surface area contributed by atoms with Crippen LogP contribution < -0.4 is 0 Å². The molecule has 0 bridgehead atoms. The summed E-state index contributed by atoms with van der Waals surface area (Å²) in [6.07, 6.45) is 0. The third kappa shape index (κ3) is 3.77. The van der Waals surface area contributed by atoms with Crippen LogP contribution in [0.15, 0.2) is 35.7 Å². The Hall–Kier alpha value is -1.16. The molecule has 0 unspecified atom stereocenters. The summed E-state index contributed by atoms with van der Waals surface area (Å²) in [4.78, 5) is 0. The van der Waals surface area contributed by atoms with Crippen LogP contribution in [0.1, 0.15) is 26.3 Å². The van der Waals surface area contributed by atoms with Gasteiger partial charge < -0.3 is 0 Å². The molecule has 0 saturated carbocycles. The molecule has 0 spiro atoms. The van der Waals surface area contributed by atoms with Crippen LogP contribution in [-0.4, -0.2) is 8.42 Å². The molecule has 0 amide bonds. The van der Waals surface area contributed by atoms with Gasteiger partial charge in [0, 0.05) is 0 Å². The lowest BCUT2D eigenvalue weighted by Crippen LogP contribution is -2.09. The fourth-order valence-corrected chi connectivity index (χ4v) is 2.21. The summed E-state index contributed by atoms with van der Waals surface area (Å²) >= 11 is 0. The standard InChI is InChI=1S/C12H15FO2S/c1-12(2,3)11(9-16(13,14)15)10-7-5-4-6-8-10/h4-9H,1-3H3/b11-9-. The highest BCUT2D eigenvalue weighted by Gasteiger charge is 2.21. The molecule has 0 saturated heterocycles. The molecule has 0 radical (unpaired) electrons. The maximum Gasteiger partial charge on any atom is 0.325 e. The fourth-order valence-electron chi connectivity index (χ4n) is 1.44. The number of benzene rings is 1. The number of halogens is 1. The van der Waals surface area contributed by atoms with Crippen LogP contribution in [0.3, 0.4) is 0 Å². The van der Waals surface area contributed by atoms with E-state index in [1.165, 1.54) is 0 Å². The molecule has 0 aliphatic rings. The van der Waals surface area contributed by atoms with Crippen molar-refractivity contribution < 1.29 is 12.3 Å². The lowest BCUT2D eigenvalue weighted by Gasteiger charge is -2.22. The lowest BCUT2D eigenvalue weighted by molar-refractivity contribution is 0.553. The predicted octanol–water partition coefficient (Wildman–Crippen LogP) is 3.37. The van der Waals surface area contributed by atoms with Crippen molar-refractivity contribution in [3.05, 3.63) is 41.3 Å². The quantitative estimate of drug-likeness (QED) is 0.745. The molecule has 1 rings (SSSR count). The van der Waals surface area contributed by atoms with Gasteiger partial charge in [-0.05, 0) is 16.6 Å². The van der Waals surface area contributed by atoms with Crippen LogP contribution in [0.25, 0.3) is 5.57 Å². The largest absolute Gasteiger partial charge is 0.325 e. The van der Waals surface area contributed by atoms with Crippen LogP contribution in [0.2, 0.25) is 0 Å². The van der Waals surface area contributed by atoms with Gasteiger partial charge in [-0.15, -0.1) is 3.89 Å². The number of rotatable bonds is 2. The van der Waals surface area contributed by atoms with Gasteiger partial charge in [-0.1, -0.05) is 51.1 Å². The van der Waals surface area contributed by atoms with Gasteiger partial charge in [-0.2, -0.15) is 8.42 Å². The number of allylic oxidation sites excluding steroid dienone is 1. The summed E-state index contributed by atoms with van der Waals surface area (Å²) in [7, 11) is -4.62. The predicted molar refractivity (Wildman–Crippen MR) is 63.9 cm³/mol. The monoisotopic (exact) mass is 242 g/mol. The molecule has 0 N–H and O–H groups in total. The van der Waals surface area contributed by atoms with Crippen molar-refractivity contribution in [2.75, 3.05) is 0 Å². The Balaban J connectivity index is 3.35. The number of hydrogen-bond acceptors (Lipinski definition) is 2. The van der Waals surface area contributed by atoms with Crippen molar-refractivity contribution in [1.29, 1.82) is 0 Å². The van der Waals surface area contributed by atoms with Gasteiger partial charge in [-0.25, -0.2) is 0 Å². The number of hydrogen-bond donors (Lipinski definition) is 0. The zero-order chi connectivity index (χ0) is 12.4. The highest BCUT2D eigenvalue weighted by molar-refractivity contribution is 7.89. The molecule has 0 fully saturated rings. The van der Waals surface area contributed by atoms with E-state index in [1.807, 2.05) is 26.8 Å². The molecule has 2 nitrogen and oxygen atoms in total. The molecule has 1 aromatic carbocycles. The molecular formula is C12H15FO2S. The second kappa shape index (κ2) is 4.37. The minimum Gasteiger partial charge on any atom is -0.190 e. The summed E-state index contributed by atoms with van der Waals surface area (Å²) in [5, 5.41) is 0.697. The van der Waals surface area contributed by atoms with E-state index in [9.17, 15) is 12.3 Å². The third-order valence-electron chi connectivity index (χ3n) is 2.15. The fraction of sp³-hybridized carbons (Fsp3) is 0.333. The van der Waals surface area contributed by atoms with Crippen LogP contribution in [0, 0.1) is 5.41 Å². The zero-order valence-corrected chi connectivity index (χ0v) is 10.4. The SMILES string of the molecule is CC(C)(C)/C(=C\S(=O)(=O)F)c1ccccc1. The summed E-state index contributed by atoms with van der Waals surface area (Å²) in [5.41, 5.74) is 0.757. The first-order valence-electron chi connectivity index (χ1n) is 4.92. The molecule has 0 atom stereocenters. The van der Waals surface area contributed by atoms with Gasteiger partial charge in [0.15, 0.2) is 0 Å². The van der Waals surface area contributed by atoms with E-state index in [0.717, 1.165) is 5.56 Å². The summed E-state index contributed by atoms with van der Waals surface area (Å²) in [6, 6.07) is 8.94. The van der Waals surface area contributed by atoms with Crippen LogP contribution >= 0.6 is 0 Å². The molecule has 0 aliphatic heterocycles. The molecule has 0 aromatic heterocycles. The Morgan fingerprint density at radius 1 is 1.19 bits per heavy atom. The Kier molecular flexibility index (Phi) is 3.53. The van der Waals surface area contributed by atoms with Crippen LogP contribution in [0.5, 0.6) is 0 Å². The second-order valence-corrected chi connectivity index (χ2v) is 5.81. The van der Waals surface area contributed by atoms with E-state index in [1.54, 1.807) is 24.3 Å². The summed E-state index contributed by atoms with van der Waals surface area (Å²) in [6.45, 7) is 5.53. The van der Waals surface area contributed by atoms with Crippen molar-refractivity contribution in [1.82, 2.24) is 0 Å². The summed E-state index contributed by atoms with van der Waals surface area (Å²) in [5.74, 6) is 0. The van der Waals surface area contributed by atoms with Crippen molar-refractivity contribution in [2.24, 2.45) is 5.41 Å². The van der Waals surface area contributed by atoms with Gasteiger partial charge >= 0.3 is 10.2 Å². The van der Waals surface area contributed by atoms with E-state index in [4.69, 9.17) is 0 Å². The Morgan fingerprint density at radius 3 is 2.06 bits per heavy atom. The topological polar surface area (TPSA) is 34.1 Å². The average Bonchev–Trinajstić information content (AvgIpc) is 2.13. The normalized spacial score (nSPS) is 13.9. The van der Waals surface area contributed by atoms with Gasteiger partial charge in [0.25, 0.3) is 0 Å². The van der Waals surface area contributed by atoms with E-state index in [0.29, 0.717) is 11.0 Å². The van der Waals surface area contributed by atoms with Gasteiger partial charge in [-0.3, -0.25) is 0 Å². The van der Waals surface area contributed by atoms with E-state index >= 15 is 0 Å². The minimum absolute atomic E-state index is 0.430. The molecule has 0 heterocycles. The molecule has 88 valence electrons. The highest BCUT2D eigenvalue weighted by Crippen LogP contribution is 2.34. The van der Waals surface area contributed by atoms with Crippen molar-refractivity contribution in [3.63, 3.8) is 0 Å². The Labute approximate surface area is 96.0 Å². The van der Waals surface area contributed by atoms with Crippen molar-refractivity contribution >= 4 is 15.8 Å². The molecule has 0 aliphatic carbocycles. The third-order valence-corrected chi connectivity index (χ3v) is 2.67. The minimum atomic E-state index is -4.62.